The first kappa shape index (κ1) is 17.3. The number of carbonyl (C=O) groups is 2. The molecule has 0 saturated heterocycles. The van der Waals surface area contributed by atoms with Gasteiger partial charge in [0.05, 0.1) is 7.11 Å². The van der Waals surface area contributed by atoms with E-state index in [4.69, 9.17) is 4.74 Å². The Labute approximate surface area is 137 Å². The van der Waals surface area contributed by atoms with E-state index in [9.17, 15) is 9.59 Å². The van der Waals surface area contributed by atoms with E-state index in [0.717, 1.165) is 24.8 Å². The lowest BCUT2D eigenvalue weighted by molar-refractivity contribution is -0.142. The number of ether oxygens (including phenoxy) is 1. The molecular weight excluding hydrogens is 292 g/mol. The van der Waals surface area contributed by atoms with Crippen molar-refractivity contribution in [3.63, 3.8) is 0 Å². The fourth-order valence-electron chi connectivity index (χ4n) is 3.08. The molecule has 0 aliphatic heterocycles. The summed E-state index contributed by atoms with van der Waals surface area (Å²) in [4.78, 5) is 24.2. The Morgan fingerprint density at radius 1 is 1.22 bits per heavy atom. The topological polar surface area (TPSA) is 67.4 Å². The molecule has 2 amide bonds. The van der Waals surface area contributed by atoms with Crippen LogP contribution < -0.4 is 10.6 Å². The lowest BCUT2D eigenvalue weighted by Gasteiger charge is -2.30. The summed E-state index contributed by atoms with van der Waals surface area (Å²) in [5.74, 6) is 0.0425. The molecule has 1 aliphatic carbocycles. The third kappa shape index (κ3) is 5.27. The van der Waals surface area contributed by atoms with Gasteiger partial charge in [0.25, 0.3) is 0 Å². The summed E-state index contributed by atoms with van der Waals surface area (Å²) in [6.45, 7) is 2.16. The van der Waals surface area contributed by atoms with Gasteiger partial charge >= 0.3 is 12.0 Å². The highest BCUT2D eigenvalue weighted by Crippen LogP contribution is 2.23. The maximum atomic E-state index is 12.2. The number of rotatable bonds is 5. The maximum absolute atomic E-state index is 12.2. The van der Waals surface area contributed by atoms with Crippen LogP contribution >= 0.6 is 0 Å². The van der Waals surface area contributed by atoms with Gasteiger partial charge in [0.2, 0.25) is 0 Å². The number of hydrogen-bond donors (Lipinski definition) is 2. The third-order valence-electron chi connectivity index (χ3n) is 4.50. The summed E-state index contributed by atoms with van der Waals surface area (Å²) < 4.78 is 4.82. The Bertz CT molecular complexity index is 518. The van der Waals surface area contributed by atoms with E-state index in [0.29, 0.717) is 12.3 Å². The average Bonchev–Trinajstić information content (AvgIpc) is 2.56. The summed E-state index contributed by atoms with van der Waals surface area (Å²) in [6.07, 6.45) is 4.91. The van der Waals surface area contributed by atoms with Crippen molar-refractivity contribution in [2.24, 2.45) is 5.92 Å². The number of benzene rings is 1. The van der Waals surface area contributed by atoms with Gasteiger partial charge in [-0.05, 0) is 24.3 Å². The minimum Gasteiger partial charge on any atom is -0.467 e. The van der Waals surface area contributed by atoms with Crippen LogP contribution in [0.15, 0.2) is 30.3 Å². The van der Waals surface area contributed by atoms with Crippen LogP contribution in [-0.2, 0) is 16.0 Å². The van der Waals surface area contributed by atoms with Crippen molar-refractivity contribution in [3.8, 4) is 0 Å². The van der Waals surface area contributed by atoms with E-state index < -0.39 is 12.0 Å². The normalized spacial score (nSPS) is 22.0. The quantitative estimate of drug-likeness (QED) is 0.820. The predicted octanol–water partition coefficient (Wildman–Crippen LogP) is 2.65. The zero-order valence-corrected chi connectivity index (χ0v) is 13.9. The number of nitrogens with one attached hydrogen (secondary N) is 2. The zero-order valence-electron chi connectivity index (χ0n) is 13.9. The Morgan fingerprint density at radius 2 is 1.91 bits per heavy atom. The fourth-order valence-corrected chi connectivity index (χ4v) is 3.08. The van der Waals surface area contributed by atoms with Crippen molar-refractivity contribution >= 4 is 12.0 Å². The van der Waals surface area contributed by atoms with Crippen LogP contribution in [0.25, 0.3) is 0 Å². The number of hydrogen-bond acceptors (Lipinski definition) is 3. The zero-order chi connectivity index (χ0) is 16.7. The van der Waals surface area contributed by atoms with Gasteiger partial charge in [-0.2, -0.15) is 0 Å². The summed E-state index contributed by atoms with van der Waals surface area (Å²) in [5, 5.41) is 5.77. The molecule has 0 radical (unpaired) electrons. The molecule has 0 heterocycles. The van der Waals surface area contributed by atoms with Gasteiger partial charge in [-0.15, -0.1) is 0 Å². The maximum Gasteiger partial charge on any atom is 0.328 e. The van der Waals surface area contributed by atoms with E-state index in [1.165, 1.54) is 13.5 Å². The Kier molecular flexibility index (Phi) is 6.44. The molecule has 23 heavy (non-hydrogen) atoms. The monoisotopic (exact) mass is 318 g/mol. The lowest BCUT2D eigenvalue weighted by atomic mass is 9.86. The molecule has 1 saturated carbocycles. The summed E-state index contributed by atoms with van der Waals surface area (Å²) in [7, 11) is 1.34. The number of urea groups is 1. The Morgan fingerprint density at radius 3 is 2.57 bits per heavy atom. The molecule has 1 aromatic rings. The second-order valence-corrected chi connectivity index (χ2v) is 6.25. The molecular formula is C18H26N2O3. The number of carbonyl (C=O) groups excluding carboxylic acids is 2. The first-order valence-corrected chi connectivity index (χ1v) is 8.29. The van der Waals surface area contributed by atoms with Crippen LogP contribution in [0.2, 0.25) is 0 Å². The first-order chi connectivity index (χ1) is 11.1. The standard InChI is InChI=1S/C18H26N2O3/c1-13-8-6-7-11-15(13)19-18(22)20-16(17(21)23-2)12-14-9-4-3-5-10-14/h3-5,9-10,13,15-16H,6-8,11-12H2,1-2H3,(H2,19,20,22)/t13-,15-,16+/m1/s1. The van der Waals surface area contributed by atoms with Gasteiger partial charge in [-0.1, -0.05) is 50.1 Å². The molecule has 5 heteroatoms. The molecule has 0 spiro atoms. The van der Waals surface area contributed by atoms with E-state index in [1.54, 1.807) is 0 Å². The second kappa shape index (κ2) is 8.56. The molecule has 0 unspecified atom stereocenters. The van der Waals surface area contributed by atoms with Gasteiger partial charge < -0.3 is 15.4 Å². The second-order valence-electron chi connectivity index (χ2n) is 6.25. The van der Waals surface area contributed by atoms with Crippen LogP contribution in [-0.4, -0.2) is 31.2 Å². The molecule has 0 aromatic heterocycles. The summed E-state index contributed by atoms with van der Waals surface area (Å²) >= 11 is 0. The highest BCUT2D eigenvalue weighted by molar-refractivity contribution is 5.83. The minimum atomic E-state index is -0.679. The molecule has 5 nitrogen and oxygen atoms in total. The fraction of sp³-hybridized carbons (Fsp3) is 0.556. The SMILES string of the molecule is COC(=O)[C@H](Cc1ccccc1)NC(=O)N[C@@H]1CCCC[C@H]1C. The number of amides is 2. The highest BCUT2D eigenvalue weighted by Gasteiger charge is 2.26. The van der Waals surface area contributed by atoms with Gasteiger partial charge in [-0.25, -0.2) is 9.59 Å². The molecule has 2 rings (SSSR count). The average molecular weight is 318 g/mol. The Hall–Kier alpha value is -2.04. The van der Waals surface area contributed by atoms with Crippen LogP contribution in [0.3, 0.4) is 0 Å². The van der Waals surface area contributed by atoms with E-state index in [1.807, 2.05) is 30.3 Å². The Balaban J connectivity index is 1.94. The molecule has 0 bridgehead atoms. The molecule has 2 N–H and O–H groups in total. The summed E-state index contributed by atoms with van der Waals surface area (Å²) in [5.41, 5.74) is 0.981. The molecule has 1 aromatic carbocycles. The van der Waals surface area contributed by atoms with E-state index in [2.05, 4.69) is 17.6 Å². The largest absolute Gasteiger partial charge is 0.467 e. The minimum absolute atomic E-state index is 0.179. The van der Waals surface area contributed by atoms with Crippen molar-refractivity contribution < 1.29 is 14.3 Å². The van der Waals surface area contributed by atoms with Crippen molar-refractivity contribution in [1.82, 2.24) is 10.6 Å². The van der Waals surface area contributed by atoms with Crippen LogP contribution in [0.4, 0.5) is 4.79 Å². The van der Waals surface area contributed by atoms with Gasteiger partial charge in [0, 0.05) is 12.5 Å². The lowest BCUT2D eigenvalue weighted by Crippen LogP contribution is -2.52. The number of esters is 1. The van der Waals surface area contributed by atoms with Crippen molar-refractivity contribution in [2.75, 3.05) is 7.11 Å². The van der Waals surface area contributed by atoms with E-state index in [-0.39, 0.29) is 12.1 Å². The van der Waals surface area contributed by atoms with Crippen molar-refractivity contribution in [1.29, 1.82) is 0 Å². The first-order valence-electron chi connectivity index (χ1n) is 8.29. The molecule has 3 atom stereocenters. The van der Waals surface area contributed by atoms with Gasteiger partial charge in [-0.3, -0.25) is 0 Å². The number of methoxy groups -OCH3 is 1. The van der Waals surface area contributed by atoms with Crippen molar-refractivity contribution in [3.05, 3.63) is 35.9 Å². The third-order valence-corrected chi connectivity index (χ3v) is 4.50. The van der Waals surface area contributed by atoms with Crippen LogP contribution in [0, 0.1) is 5.92 Å². The van der Waals surface area contributed by atoms with E-state index >= 15 is 0 Å². The smallest absolute Gasteiger partial charge is 0.328 e. The van der Waals surface area contributed by atoms with Crippen LogP contribution in [0.1, 0.15) is 38.2 Å². The predicted molar refractivity (Wildman–Crippen MR) is 89.0 cm³/mol. The van der Waals surface area contributed by atoms with Crippen LogP contribution in [0.5, 0.6) is 0 Å². The van der Waals surface area contributed by atoms with Gasteiger partial charge in [0.15, 0.2) is 0 Å². The molecule has 126 valence electrons. The molecule has 1 aliphatic rings. The molecule has 1 fully saturated rings. The highest BCUT2D eigenvalue weighted by atomic mass is 16.5. The van der Waals surface area contributed by atoms with Gasteiger partial charge in [0.1, 0.15) is 6.04 Å². The van der Waals surface area contributed by atoms with Crippen molar-refractivity contribution in [2.45, 2.75) is 51.1 Å². The summed E-state index contributed by atoms with van der Waals surface area (Å²) in [6, 6.07) is 8.80.